The molecule has 19 heavy (non-hydrogen) atoms. The Morgan fingerprint density at radius 1 is 1.32 bits per heavy atom. The first-order chi connectivity index (χ1) is 9.20. The van der Waals surface area contributed by atoms with Gasteiger partial charge in [-0.25, -0.2) is 0 Å². The van der Waals surface area contributed by atoms with Gasteiger partial charge in [0.05, 0.1) is 5.92 Å². The quantitative estimate of drug-likeness (QED) is 0.447. The van der Waals surface area contributed by atoms with E-state index < -0.39 is 0 Å². The van der Waals surface area contributed by atoms with Crippen molar-refractivity contribution in [1.82, 2.24) is 0 Å². The van der Waals surface area contributed by atoms with E-state index in [1.54, 1.807) is 19.1 Å². The summed E-state index contributed by atoms with van der Waals surface area (Å²) in [6.07, 6.45) is 9.59. The van der Waals surface area contributed by atoms with Crippen molar-refractivity contribution in [2.75, 3.05) is 0 Å². The Morgan fingerprint density at radius 2 is 2.05 bits per heavy atom. The molecule has 0 amide bonds. The molecule has 0 fully saturated rings. The van der Waals surface area contributed by atoms with Crippen LogP contribution in [-0.2, 0) is 4.79 Å². The molecule has 0 bridgehead atoms. The van der Waals surface area contributed by atoms with Gasteiger partial charge in [0.1, 0.15) is 5.78 Å². The second kappa shape index (κ2) is 5.85. The largest absolute Gasteiger partial charge is 0.299 e. The summed E-state index contributed by atoms with van der Waals surface area (Å²) < 4.78 is 0. The van der Waals surface area contributed by atoms with Gasteiger partial charge >= 0.3 is 0 Å². The van der Waals surface area contributed by atoms with Crippen LogP contribution in [0.2, 0.25) is 0 Å². The third-order valence-electron chi connectivity index (χ3n) is 2.89. The number of hydrogen-bond donors (Lipinski definition) is 0. The molecule has 0 spiro atoms. The topological polar surface area (TPSA) is 65.8 Å². The van der Waals surface area contributed by atoms with Crippen molar-refractivity contribution in [3.8, 4) is 0 Å². The average molecular weight is 251 g/mol. The van der Waals surface area contributed by atoms with Gasteiger partial charge in [0.2, 0.25) is 0 Å². The van der Waals surface area contributed by atoms with Gasteiger partial charge in [-0.2, -0.15) is 0 Å². The molecule has 0 aromatic heterocycles. The van der Waals surface area contributed by atoms with Crippen molar-refractivity contribution in [2.24, 2.45) is 11.0 Å². The molecular formula is C15H13N3O. The highest BCUT2D eigenvalue weighted by atomic mass is 16.1. The highest BCUT2D eigenvalue weighted by Gasteiger charge is 2.15. The lowest BCUT2D eigenvalue weighted by Gasteiger charge is -2.13. The fourth-order valence-electron chi connectivity index (χ4n) is 1.95. The summed E-state index contributed by atoms with van der Waals surface area (Å²) in [5.74, 6) is -0.0562. The van der Waals surface area contributed by atoms with E-state index in [0.717, 1.165) is 11.1 Å². The molecule has 1 aliphatic carbocycles. The lowest BCUT2D eigenvalue weighted by molar-refractivity contribution is -0.118. The number of Topliss-reactive ketones (excluding diaryl/α,β-unsaturated/α-hetero) is 1. The molecule has 4 heteroatoms. The van der Waals surface area contributed by atoms with Crippen molar-refractivity contribution >= 4 is 17.5 Å². The zero-order chi connectivity index (χ0) is 13.7. The van der Waals surface area contributed by atoms with Crippen LogP contribution in [0.1, 0.15) is 12.5 Å². The van der Waals surface area contributed by atoms with Gasteiger partial charge in [-0.3, -0.25) is 4.79 Å². The van der Waals surface area contributed by atoms with Gasteiger partial charge in [-0.1, -0.05) is 59.8 Å². The Bertz CT molecular complexity index is 617. The summed E-state index contributed by atoms with van der Waals surface area (Å²) in [6.45, 7) is 1.59. The number of ketones is 1. The maximum absolute atomic E-state index is 11.6. The highest BCUT2D eigenvalue weighted by molar-refractivity contribution is 5.86. The van der Waals surface area contributed by atoms with Crippen LogP contribution < -0.4 is 0 Å². The number of carbonyl (C=O) groups excluding carboxylic acids is 1. The molecule has 0 heterocycles. The summed E-state index contributed by atoms with van der Waals surface area (Å²) >= 11 is 0. The van der Waals surface area contributed by atoms with E-state index in [0.29, 0.717) is 5.69 Å². The Morgan fingerprint density at radius 3 is 2.68 bits per heavy atom. The van der Waals surface area contributed by atoms with E-state index in [-0.39, 0.29) is 11.7 Å². The van der Waals surface area contributed by atoms with Gasteiger partial charge in [-0.15, -0.1) is 0 Å². The lowest BCUT2D eigenvalue weighted by Crippen LogP contribution is -2.11. The van der Waals surface area contributed by atoms with Gasteiger partial charge in [0.15, 0.2) is 0 Å². The first-order valence-electron chi connectivity index (χ1n) is 5.93. The van der Waals surface area contributed by atoms with E-state index in [9.17, 15) is 4.79 Å². The normalized spacial score (nSPS) is 19.2. The van der Waals surface area contributed by atoms with Gasteiger partial charge < -0.3 is 0 Å². The number of rotatable bonds is 3. The zero-order valence-corrected chi connectivity index (χ0v) is 10.5. The van der Waals surface area contributed by atoms with E-state index >= 15 is 0 Å². The third-order valence-corrected chi connectivity index (χ3v) is 2.89. The molecule has 2 rings (SSSR count). The maximum Gasteiger partial charge on any atom is 0.141 e. The maximum atomic E-state index is 11.6. The zero-order valence-electron chi connectivity index (χ0n) is 10.5. The second-order valence-electron chi connectivity index (χ2n) is 4.26. The van der Waals surface area contributed by atoms with Crippen molar-refractivity contribution in [2.45, 2.75) is 6.92 Å². The molecule has 1 unspecified atom stereocenters. The van der Waals surface area contributed by atoms with Crippen molar-refractivity contribution < 1.29 is 4.79 Å². The molecule has 0 radical (unpaired) electrons. The molecule has 4 nitrogen and oxygen atoms in total. The van der Waals surface area contributed by atoms with Crippen LogP contribution in [0.3, 0.4) is 0 Å². The molecule has 1 aliphatic rings. The number of hydrogen-bond acceptors (Lipinski definition) is 2. The molecule has 1 aromatic rings. The number of allylic oxidation sites excluding steroid dienone is 5. The summed E-state index contributed by atoms with van der Waals surface area (Å²) in [5.41, 5.74) is 10.8. The van der Waals surface area contributed by atoms with E-state index in [1.165, 1.54) is 0 Å². The molecule has 1 aromatic carbocycles. The first kappa shape index (κ1) is 12.9. The average Bonchev–Trinajstić information content (AvgIpc) is 2.42. The summed E-state index contributed by atoms with van der Waals surface area (Å²) in [7, 11) is 0. The first-order valence-corrected chi connectivity index (χ1v) is 5.93. The summed E-state index contributed by atoms with van der Waals surface area (Å²) in [6, 6.07) is 7.22. The van der Waals surface area contributed by atoms with Crippen molar-refractivity contribution in [1.29, 1.82) is 0 Å². The Balaban J connectivity index is 2.29. The number of carbonyl (C=O) groups is 1. The third kappa shape index (κ3) is 3.21. The minimum atomic E-state index is -0.179. The SMILES string of the molecule is CC(=O)C1C=CC=CC1=Cc1ccc(N=[N+]=[N-])cc1. The number of nitrogens with zero attached hydrogens (tertiary/aromatic N) is 3. The minimum Gasteiger partial charge on any atom is -0.299 e. The van der Waals surface area contributed by atoms with Crippen LogP contribution in [0.5, 0.6) is 0 Å². The molecule has 0 saturated carbocycles. The van der Waals surface area contributed by atoms with Crippen molar-refractivity contribution in [3.63, 3.8) is 0 Å². The monoisotopic (exact) mass is 251 g/mol. The van der Waals surface area contributed by atoms with Crippen LogP contribution in [0.25, 0.3) is 16.5 Å². The Kier molecular flexibility index (Phi) is 3.96. The fourth-order valence-corrected chi connectivity index (χ4v) is 1.95. The molecule has 0 aliphatic heterocycles. The predicted molar refractivity (Wildman–Crippen MR) is 75.7 cm³/mol. The van der Waals surface area contributed by atoms with Gasteiger partial charge in [-0.05, 0) is 23.6 Å². The molecule has 1 atom stereocenters. The summed E-state index contributed by atoms with van der Waals surface area (Å²) in [5, 5.41) is 3.52. The van der Waals surface area contributed by atoms with Crippen LogP contribution in [-0.4, -0.2) is 5.78 Å². The second-order valence-corrected chi connectivity index (χ2v) is 4.26. The van der Waals surface area contributed by atoms with Crippen LogP contribution in [0.15, 0.2) is 59.3 Å². The van der Waals surface area contributed by atoms with Crippen LogP contribution in [0.4, 0.5) is 5.69 Å². The van der Waals surface area contributed by atoms with E-state index in [1.807, 2.05) is 42.5 Å². The van der Waals surface area contributed by atoms with Crippen LogP contribution >= 0.6 is 0 Å². The molecule has 0 saturated heterocycles. The lowest BCUT2D eigenvalue weighted by atomic mass is 9.90. The highest BCUT2D eigenvalue weighted by Crippen LogP contribution is 2.23. The predicted octanol–water partition coefficient (Wildman–Crippen LogP) is 4.34. The fraction of sp³-hybridized carbons (Fsp3) is 0.133. The van der Waals surface area contributed by atoms with E-state index in [2.05, 4.69) is 10.0 Å². The van der Waals surface area contributed by atoms with Gasteiger partial charge in [0, 0.05) is 10.6 Å². The molecular weight excluding hydrogens is 238 g/mol. The van der Waals surface area contributed by atoms with Gasteiger partial charge in [0.25, 0.3) is 0 Å². The standard InChI is InChI=1S/C15H13N3O/c1-11(19)15-5-3-2-4-13(15)10-12-6-8-14(9-7-12)17-18-16/h2-10,15H,1H3. The van der Waals surface area contributed by atoms with E-state index in [4.69, 9.17) is 5.53 Å². The summed E-state index contributed by atoms with van der Waals surface area (Å²) in [4.78, 5) is 14.3. The van der Waals surface area contributed by atoms with Crippen LogP contribution in [0, 0.1) is 5.92 Å². The molecule has 94 valence electrons. The number of azide groups is 1. The Labute approximate surface area is 111 Å². The smallest absolute Gasteiger partial charge is 0.141 e. The molecule has 0 N–H and O–H groups in total. The Hall–Kier alpha value is -2.58. The van der Waals surface area contributed by atoms with Crippen molar-refractivity contribution in [3.05, 3.63) is 70.1 Å². The number of benzene rings is 1. The minimum absolute atomic E-state index is 0.123.